The minimum absolute atomic E-state index is 0.234. The first kappa shape index (κ1) is 13.8. The number of thioether (sulfide) groups is 1. The minimum Gasteiger partial charge on any atom is -0.396 e. The van der Waals surface area contributed by atoms with Gasteiger partial charge < -0.3 is 5.11 Å². The maximum Gasteiger partial charge on any atom is 0.108 e. The molecule has 2 unspecified atom stereocenters. The normalized spacial score (nSPS) is 30.3. The Morgan fingerprint density at radius 2 is 2.38 bits per heavy atom. The van der Waals surface area contributed by atoms with Crippen molar-refractivity contribution in [3.63, 3.8) is 0 Å². The van der Waals surface area contributed by atoms with Gasteiger partial charge in [-0.05, 0) is 39.5 Å². The minimum atomic E-state index is -0.334. The number of rotatable bonds is 5. The molecule has 0 aromatic carbocycles. The van der Waals surface area contributed by atoms with Crippen molar-refractivity contribution in [3.8, 4) is 6.07 Å². The van der Waals surface area contributed by atoms with Crippen LogP contribution in [0, 0.1) is 11.3 Å². The summed E-state index contributed by atoms with van der Waals surface area (Å²) in [5, 5.41) is 22.1. The fourth-order valence-corrected chi connectivity index (χ4v) is 3.58. The van der Waals surface area contributed by atoms with Crippen molar-refractivity contribution in [1.29, 1.82) is 5.26 Å². The molecule has 1 fully saturated rings. The van der Waals surface area contributed by atoms with Crippen molar-refractivity contribution >= 4 is 11.8 Å². The Hall–Kier alpha value is -0.240. The van der Waals surface area contributed by atoms with Gasteiger partial charge in [0.25, 0.3) is 0 Å². The number of hydrogen-bond acceptors (Lipinski definition) is 4. The third-order valence-corrected chi connectivity index (χ3v) is 4.22. The van der Waals surface area contributed by atoms with Gasteiger partial charge in [-0.15, -0.1) is 0 Å². The smallest absolute Gasteiger partial charge is 0.108 e. The second kappa shape index (κ2) is 6.48. The molecule has 1 aliphatic carbocycles. The number of aliphatic hydroxyl groups is 1. The zero-order valence-electron chi connectivity index (χ0n) is 10.2. The molecule has 0 bridgehead atoms. The molecule has 0 aromatic rings. The van der Waals surface area contributed by atoms with E-state index in [4.69, 9.17) is 5.11 Å². The maximum absolute atomic E-state index is 9.36. The molecule has 0 aliphatic heterocycles. The van der Waals surface area contributed by atoms with Crippen LogP contribution in [0.2, 0.25) is 0 Å². The van der Waals surface area contributed by atoms with E-state index in [1.807, 2.05) is 0 Å². The highest BCUT2D eigenvalue weighted by atomic mass is 32.2. The fraction of sp³-hybridized carbons (Fsp3) is 0.917. The number of aliphatic hydroxyl groups excluding tert-OH is 1. The molecule has 4 heteroatoms. The predicted octanol–water partition coefficient (Wildman–Crippen LogP) is 1.91. The number of nitrogens with zero attached hydrogens (tertiary/aromatic N) is 1. The van der Waals surface area contributed by atoms with Gasteiger partial charge in [0.1, 0.15) is 5.54 Å². The molecule has 0 radical (unpaired) electrons. The number of nitrogens with one attached hydrogen (secondary N) is 1. The van der Waals surface area contributed by atoms with Crippen LogP contribution in [-0.2, 0) is 0 Å². The summed E-state index contributed by atoms with van der Waals surface area (Å²) in [7, 11) is 0. The maximum atomic E-state index is 9.36. The van der Waals surface area contributed by atoms with E-state index in [0.717, 1.165) is 25.0 Å². The largest absolute Gasteiger partial charge is 0.396 e. The van der Waals surface area contributed by atoms with Gasteiger partial charge >= 0.3 is 0 Å². The first-order valence-corrected chi connectivity index (χ1v) is 7.08. The molecule has 0 saturated heterocycles. The van der Waals surface area contributed by atoms with E-state index in [1.54, 1.807) is 11.8 Å². The zero-order chi connectivity index (χ0) is 12.0. The van der Waals surface area contributed by atoms with Gasteiger partial charge in [-0.1, -0.05) is 0 Å². The number of nitriles is 1. The third-order valence-electron chi connectivity index (χ3n) is 2.93. The predicted molar refractivity (Wildman–Crippen MR) is 68.4 cm³/mol. The molecule has 2 atom stereocenters. The molecule has 1 rings (SSSR count). The second-order valence-corrected chi connectivity index (χ2v) is 6.21. The Kier molecular flexibility index (Phi) is 5.60. The van der Waals surface area contributed by atoms with E-state index in [0.29, 0.717) is 11.3 Å². The summed E-state index contributed by atoms with van der Waals surface area (Å²) in [5.41, 5.74) is -0.334. The van der Waals surface area contributed by atoms with Gasteiger partial charge in [-0.2, -0.15) is 17.0 Å². The lowest BCUT2D eigenvalue weighted by molar-refractivity contribution is 0.283. The Morgan fingerprint density at radius 3 is 2.94 bits per heavy atom. The molecule has 0 amide bonds. The van der Waals surface area contributed by atoms with Gasteiger partial charge in [0.2, 0.25) is 0 Å². The molecule has 0 heterocycles. The lowest BCUT2D eigenvalue weighted by atomic mass is 9.82. The summed E-state index contributed by atoms with van der Waals surface area (Å²) >= 11 is 1.80. The lowest BCUT2D eigenvalue weighted by Crippen LogP contribution is -2.51. The van der Waals surface area contributed by atoms with Crippen LogP contribution in [0.25, 0.3) is 0 Å². The van der Waals surface area contributed by atoms with Crippen LogP contribution in [0.1, 0.15) is 39.5 Å². The molecular formula is C12H22N2OS. The van der Waals surface area contributed by atoms with E-state index < -0.39 is 0 Å². The standard InChI is InChI=1S/C12H22N2OS/c1-10(2)14-12(9-13)5-3-4-11(8-12)16-7-6-15/h10-11,14-15H,3-8H2,1-2H3. The van der Waals surface area contributed by atoms with Crippen LogP contribution in [0.5, 0.6) is 0 Å². The molecular weight excluding hydrogens is 220 g/mol. The van der Waals surface area contributed by atoms with Gasteiger partial charge in [0, 0.05) is 17.0 Å². The van der Waals surface area contributed by atoms with E-state index >= 15 is 0 Å². The molecule has 2 N–H and O–H groups in total. The Labute approximate surface area is 103 Å². The fourth-order valence-electron chi connectivity index (χ4n) is 2.40. The number of hydrogen-bond donors (Lipinski definition) is 2. The van der Waals surface area contributed by atoms with Gasteiger partial charge in [0.05, 0.1) is 12.7 Å². The van der Waals surface area contributed by atoms with Crippen molar-refractivity contribution in [2.75, 3.05) is 12.4 Å². The topological polar surface area (TPSA) is 56.0 Å². The molecule has 3 nitrogen and oxygen atoms in total. The second-order valence-electron chi connectivity index (χ2n) is 4.81. The van der Waals surface area contributed by atoms with Crippen molar-refractivity contribution < 1.29 is 5.11 Å². The summed E-state index contributed by atoms with van der Waals surface area (Å²) in [4.78, 5) is 0. The van der Waals surface area contributed by atoms with Crippen LogP contribution in [0.15, 0.2) is 0 Å². The van der Waals surface area contributed by atoms with Gasteiger partial charge in [-0.25, -0.2) is 0 Å². The highest BCUT2D eigenvalue weighted by molar-refractivity contribution is 7.99. The SMILES string of the molecule is CC(C)NC1(C#N)CCCC(SCCO)C1. The quantitative estimate of drug-likeness (QED) is 0.773. The van der Waals surface area contributed by atoms with E-state index in [1.165, 1.54) is 6.42 Å². The summed E-state index contributed by atoms with van der Waals surface area (Å²) in [6.07, 6.45) is 4.15. The first-order chi connectivity index (χ1) is 7.62. The van der Waals surface area contributed by atoms with E-state index in [2.05, 4.69) is 25.2 Å². The van der Waals surface area contributed by atoms with E-state index in [-0.39, 0.29) is 12.1 Å². The van der Waals surface area contributed by atoms with Crippen molar-refractivity contribution in [2.24, 2.45) is 0 Å². The van der Waals surface area contributed by atoms with Gasteiger partial charge in [-0.3, -0.25) is 5.32 Å². The summed E-state index contributed by atoms with van der Waals surface area (Å²) in [5.74, 6) is 0.786. The Balaban J connectivity index is 2.55. The van der Waals surface area contributed by atoms with E-state index in [9.17, 15) is 5.26 Å². The summed E-state index contributed by atoms with van der Waals surface area (Å²) in [6.45, 7) is 4.41. The highest BCUT2D eigenvalue weighted by Crippen LogP contribution is 2.34. The molecule has 92 valence electrons. The summed E-state index contributed by atoms with van der Waals surface area (Å²) in [6, 6.07) is 2.82. The molecule has 0 spiro atoms. The monoisotopic (exact) mass is 242 g/mol. The first-order valence-electron chi connectivity index (χ1n) is 6.03. The van der Waals surface area contributed by atoms with Gasteiger partial charge in [0.15, 0.2) is 0 Å². The van der Waals surface area contributed by atoms with Crippen LogP contribution < -0.4 is 5.32 Å². The van der Waals surface area contributed by atoms with Crippen molar-refractivity contribution in [1.82, 2.24) is 5.32 Å². The zero-order valence-corrected chi connectivity index (χ0v) is 11.0. The van der Waals surface area contributed by atoms with Crippen LogP contribution in [0.3, 0.4) is 0 Å². The molecule has 0 aromatic heterocycles. The van der Waals surface area contributed by atoms with Crippen LogP contribution in [0.4, 0.5) is 0 Å². The Morgan fingerprint density at radius 1 is 1.62 bits per heavy atom. The lowest BCUT2D eigenvalue weighted by Gasteiger charge is -2.37. The van der Waals surface area contributed by atoms with Crippen molar-refractivity contribution in [2.45, 2.75) is 56.4 Å². The molecule has 1 aliphatic rings. The van der Waals surface area contributed by atoms with Crippen LogP contribution >= 0.6 is 11.8 Å². The molecule has 16 heavy (non-hydrogen) atoms. The van der Waals surface area contributed by atoms with Crippen LogP contribution in [-0.4, -0.2) is 34.3 Å². The summed E-state index contributed by atoms with van der Waals surface area (Å²) < 4.78 is 0. The Bertz CT molecular complexity index is 252. The highest BCUT2D eigenvalue weighted by Gasteiger charge is 2.36. The average Bonchev–Trinajstić information content (AvgIpc) is 2.26. The van der Waals surface area contributed by atoms with Crippen molar-refractivity contribution in [3.05, 3.63) is 0 Å². The third kappa shape index (κ3) is 3.97. The molecule has 1 saturated carbocycles. The average molecular weight is 242 g/mol.